The maximum Gasteiger partial charge on any atom is 0.321 e. The zero-order valence-electron chi connectivity index (χ0n) is 15.0. The molecule has 0 aliphatic carbocycles. The SMILES string of the molecule is Cc1cccc(C(=O)N2CCCC2)c1NC(=O)N1CCCC(C(=O)O)C1. The van der Waals surface area contributed by atoms with Gasteiger partial charge in [-0.15, -0.1) is 0 Å². The Morgan fingerprint density at radius 3 is 2.46 bits per heavy atom. The fourth-order valence-corrected chi connectivity index (χ4v) is 3.65. The van der Waals surface area contributed by atoms with E-state index in [0.717, 1.165) is 31.5 Å². The molecule has 7 nitrogen and oxygen atoms in total. The van der Waals surface area contributed by atoms with E-state index in [1.807, 2.05) is 24.0 Å². The number of benzene rings is 1. The Kier molecular flexibility index (Phi) is 5.44. The molecule has 2 heterocycles. The minimum Gasteiger partial charge on any atom is -0.481 e. The van der Waals surface area contributed by atoms with Gasteiger partial charge in [-0.1, -0.05) is 12.1 Å². The second-order valence-electron chi connectivity index (χ2n) is 7.05. The van der Waals surface area contributed by atoms with Gasteiger partial charge in [0.25, 0.3) is 5.91 Å². The Hall–Kier alpha value is -2.57. The number of carboxylic acid groups (broad SMARTS) is 1. The number of hydrogen-bond acceptors (Lipinski definition) is 3. The fraction of sp³-hybridized carbons (Fsp3) is 0.526. The van der Waals surface area contributed by atoms with E-state index < -0.39 is 11.9 Å². The van der Waals surface area contributed by atoms with Gasteiger partial charge in [-0.2, -0.15) is 0 Å². The van der Waals surface area contributed by atoms with Crippen LogP contribution < -0.4 is 5.32 Å². The third-order valence-corrected chi connectivity index (χ3v) is 5.19. The molecule has 2 N–H and O–H groups in total. The highest BCUT2D eigenvalue weighted by atomic mass is 16.4. The third-order valence-electron chi connectivity index (χ3n) is 5.19. The van der Waals surface area contributed by atoms with Crippen LogP contribution in [0.2, 0.25) is 0 Å². The van der Waals surface area contributed by atoms with Crippen molar-refractivity contribution in [2.24, 2.45) is 5.92 Å². The van der Waals surface area contributed by atoms with Gasteiger partial charge in [0.15, 0.2) is 0 Å². The highest BCUT2D eigenvalue weighted by Crippen LogP contribution is 2.25. The standard InChI is InChI=1S/C19H25N3O4/c1-13-6-4-8-15(17(23)21-9-2-3-10-21)16(13)20-19(26)22-11-5-7-14(12-22)18(24)25/h4,6,8,14H,2-3,5,7,9-12H2,1H3,(H,20,26)(H,24,25). The predicted octanol–water partition coefficient (Wildman–Crippen LogP) is 2.56. The zero-order valence-corrected chi connectivity index (χ0v) is 15.0. The quantitative estimate of drug-likeness (QED) is 0.868. The maximum absolute atomic E-state index is 12.8. The van der Waals surface area contributed by atoms with Crippen molar-refractivity contribution in [3.05, 3.63) is 29.3 Å². The molecule has 1 aromatic carbocycles. The van der Waals surface area contributed by atoms with E-state index in [0.29, 0.717) is 30.6 Å². The summed E-state index contributed by atoms with van der Waals surface area (Å²) in [5.41, 5.74) is 1.83. The first-order valence-corrected chi connectivity index (χ1v) is 9.15. The summed E-state index contributed by atoms with van der Waals surface area (Å²) in [5.74, 6) is -1.47. The van der Waals surface area contributed by atoms with Crippen LogP contribution in [0.4, 0.5) is 10.5 Å². The fourth-order valence-electron chi connectivity index (χ4n) is 3.65. The number of carbonyl (C=O) groups is 3. The van der Waals surface area contributed by atoms with Gasteiger partial charge in [0, 0.05) is 26.2 Å². The molecule has 1 unspecified atom stereocenters. The van der Waals surface area contributed by atoms with Crippen LogP contribution >= 0.6 is 0 Å². The molecule has 1 atom stereocenters. The Balaban J connectivity index is 1.77. The van der Waals surface area contributed by atoms with Crippen molar-refractivity contribution >= 4 is 23.6 Å². The van der Waals surface area contributed by atoms with E-state index in [-0.39, 0.29) is 18.5 Å². The molecule has 2 saturated heterocycles. The van der Waals surface area contributed by atoms with Crippen LogP contribution in [0.1, 0.15) is 41.6 Å². The lowest BCUT2D eigenvalue weighted by molar-refractivity contribution is -0.143. The summed E-state index contributed by atoms with van der Waals surface area (Å²) >= 11 is 0. The van der Waals surface area contributed by atoms with Crippen LogP contribution in [0.5, 0.6) is 0 Å². The second kappa shape index (κ2) is 7.76. The zero-order chi connectivity index (χ0) is 18.7. The van der Waals surface area contributed by atoms with Gasteiger partial charge in [-0.25, -0.2) is 4.79 Å². The molecule has 0 radical (unpaired) electrons. The number of rotatable bonds is 3. The van der Waals surface area contributed by atoms with Gasteiger partial charge in [-0.3, -0.25) is 9.59 Å². The minimum atomic E-state index is -0.872. The monoisotopic (exact) mass is 359 g/mol. The Morgan fingerprint density at radius 1 is 1.08 bits per heavy atom. The molecule has 3 amide bonds. The number of aliphatic carboxylic acids is 1. The van der Waals surface area contributed by atoms with Crippen LogP contribution in [0.3, 0.4) is 0 Å². The number of urea groups is 1. The summed E-state index contributed by atoms with van der Waals surface area (Å²) < 4.78 is 0. The molecule has 2 aliphatic heterocycles. The number of amides is 3. The first-order valence-electron chi connectivity index (χ1n) is 9.15. The molecular weight excluding hydrogens is 334 g/mol. The molecule has 0 spiro atoms. The summed E-state index contributed by atoms with van der Waals surface area (Å²) in [5, 5.41) is 12.1. The highest BCUT2D eigenvalue weighted by molar-refractivity contribution is 6.04. The molecule has 0 bridgehead atoms. The number of carboxylic acids is 1. The second-order valence-corrected chi connectivity index (χ2v) is 7.05. The first kappa shape index (κ1) is 18.2. The molecular formula is C19H25N3O4. The van der Waals surface area contributed by atoms with Crippen LogP contribution in [0, 0.1) is 12.8 Å². The van der Waals surface area contributed by atoms with Gasteiger partial charge in [0.2, 0.25) is 0 Å². The number of nitrogens with one attached hydrogen (secondary N) is 1. The number of anilines is 1. The number of carbonyl (C=O) groups excluding carboxylic acids is 2. The number of para-hydroxylation sites is 1. The smallest absolute Gasteiger partial charge is 0.321 e. The topological polar surface area (TPSA) is 90.0 Å². The van der Waals surface area contributed by atoms with Crippen molar-refractivity contribution in [1.82, 2.24) is 9.80 Å². The molecule has 7 heteroatoms. The Labute approximate surface area is 153 Å². The summed E-state index contributed by atoms with van der Waals surface area (Å²) in [4.78, 5) is 40.0. The number of hydrogen-bond donors (Lipinski definition) is 2. The van der Waals surface area contributed by atoms with E-state index >= 15 is 0 Å². The lowest BCUT2D eigenvalue weighted by Crippen LogP contribution is -2.44. The summed E-state index contributed by atoms with van der Waals surface area (Å²) in [6, 6.07) is 5.06. The van der Waals surface area contributed by atoms with Crippen molar-refractivity contribution in [2.45, 2.75) is 32.6 Å². The number of nitrogens with zero attached hydrogens (tertiary/aromatic N) is 2. The summed E-state index contributed by atoms with van der Waals surface area (Å²) in [6.45, 7) is 4.06. The summed E-state index contributed by atoms with van der Waals surface area (Å²) in [6.07, 6.45) is 3.26. The van der Waals surface area contributed by atoms with E-state index in [1.54, 1.807) is 6.07 Å². The van der Waals surface area contributed by atoms with Crippen LogP contribution in [-0.4, -0.2) is 59.0 Å². The lowest BCUT2D eigenvalue weighted by Gasteiger charge is -2.31. The van der Waals surface area contributed by atoms with Gasteiger partial charge in [0.05, 0.1) is 17.2 Å². The van der Waals surface area contributed by atoms with Crippen molar-refractivity contribution < 1.29 is 19.5 Å². The summed E-state index contributed by atoms with van der Waals surface area (Å²) in [7, 11) is 0. The molecule has 2 aliphatic rings. The van der Waals surface area contributed by atoms with E-state index in [9.17, 15) is 19.5 Å². The van der Waals surface area contributed by atoms with Crippen LogP contribution in [0.15, 0.2) is 18.2 Å². The van der Waals surface area contributed by atoms with Gasteiger partial charge >= 0.3 is 12.0 Å². The third kappa shape index (κ3) is 3.81. The average Bonchev–Trinajstić information content (AvgIpc) is 3.17. The van der Waals surface area contributed by atoms with Crippen molar-refractivity contribution in [2.75, 3.05) is 31.5 Å². The van der Waals surface area contributed by atoms with Crippen molar-refractivity contribution in [3.63, 3.8) is 0 Å². The largest absolute Gasteiger partial charge is 0.481 e. The lowest BCUT2D eigenvalue weighted by atomic mass is 9.98. The van der Waals surface area contributed by atoms with Gasteiger partial charge in [-0.05, 0) is 44.2 Å². The maximum atomic E-state index is 12.8. The van der Waals surface area contributed by atoms with Crippen molar-refractivity contribution in [1.29, 1.82) is 0 Å². The molecule has 0 saturated carbocycles. The van der Waals surface area contributed by atoms with Crippen molar-refractivity contribution in [3.8, 4) is 0 Å². The van der Waals surface area contributed by atoms with Gasteiger partial charge < -0.3 is 20.2 Å². The van der Waals surface area contributed by atoms with Gasteiger partial charge in [0.1, 0.15) is 0 Å². The minimum absolute atomic E-state index is 0.0662. The van der Waals surface area contributed by atoms with E-state index in [2.05, 4.69) is 5.32 Å². The highest BCUT2D eigenvalue weighted by Gasteiger charge is 2.29. The number of aryl methyl sites for hydroxylation is 1. The molecule has 26 heavy (non-hydrogen) atoms. The normalized spacial score (nSPS) is 20.1. The average molecular weight is 359 g/mol. The molecule has 2 fully saturated rings. The molecule has 0 aromatic heterocycles. The Morgan fingerprint density at radius 2 is 1.77 bits per heavy atom. The first-order chi connectivity index (χ1) is 12.5. The Bertz CT molecular complexity index is 713. The van der Waals surface area contributed by atoms with Crippen LogP contribution in [0.25, 0.3) is 0 Å². The molecule has 3 rings (SSSR count). The van der Waals surface area contributed by atoms with Crippen LogP contribution in [-0.2, 0) is 4.79 Å². The van der Waals surface area contributed by atoms with E-state index in [1.165, 1.54) is 4.90 Å². The number of likely N-dealkylation sites (tertiary alicyclic amines) is 2. The molecule has 140 valence electrons. The van der Waals surface area contributed by atoms with E-state index in [4.69, 9.17) is 0 Å². The number of piperidine rings is 1. The molecule has 1 aromatic rings. The predicted molar refractivity (Wildman–Crippen MR) is 97.3 cm³/mol.